The Labute approximate surface area is 127 Å². The summed E-state index contributed by atoms with van der Waals surface area (Å²) in [5.74, 6) is 1.91. The second-order valence-electron chi connectivity index (χ2n) is 5.50. The van der Waals surface area contributed by atoms with Crippen molar-refractivity contribution in [3.63, 3.8) is 0 Å². The minimum atomic E-state index is 0.444. The van der Waals surface area contributed by atoms with E-state index in [1.165, 1.54) is 11.1 Å². The van der Waals surface area contributed by atoms with Gasteiger partial charge in [0.15, 0.2) is 0 Å². The molecule has 1 heterocycles. The Morgan fingerprint density at radius 3 is 2.81 bits per heavy atom. The van der Waals surface area contributed by atoms with Crippen molar-refractivity contribution in [3.8, 4) is 17.1 Å². The highest BCUT2D eigenvalue weighted by molar-refractivity contribution is 5.62. The lowest BCUT2D eigenvalue weighted by Crippen LogP contribution is -2.22. The van der Waals surface area contributed by atoms with Crippen molar-refractivity contribution in [3.05, 3.63) is 36.2 Å². The van der Waals surface area contributed by atoms with Crippen molar-refractivity contribution in [1.29, 1.82) is 0 Å². The number of methoxy groups -OCH3 is 1. The number of aryl methyl sites for hydroxylation is 1. The van der Waals surface area contributed by atoms with Crippen LogP contribution < -0.4 is 10.1 Å². The van der Waals surface area contributed by atoms with Gasteiger partial charge < -0.3 is 14.6 Å². The van der Waals surface area contributed by atoms with Gasteiger partial charge in [-0.3, -0.25) is 0 Å². The van der Waals surface area contributed by atoms with Crippen LogP contribution >= 0.6 is 0 Å². The summed E-state index contributed by atoms with van der Waals surface area (Å²) in [4.78, 5) is 4.54. The summed E-state index contributed by atoms with van der Waals surface area (Å²) in [6.45, 7) is 8.27. The highest BCUT2D eigenvalue weighted by Crippen LogP contribution is 2.26. The molecule has 0 unspecified atom stereocenters. The van der Waals surface area contributed by atoms with Gasteiger partial charge in [0.1, 0.15) is 11.6 Å². The molecule has 0 spiro atoms. The predicted molar refractivity (Wildman–Crippen MR) is 86.5 cm³/mol. The van der Waals surface area contributed by atoms with Crippen LogP contribution in [0.5, 0.6) is 5.75 Å². The Bertz CT molecular complexity index is 575. The molecule has 0 saturated carbocycles. The molecule has 1 aromatic carbocycles. The molecule has 0 bridgehead atoms. The van der Waals surface area contributed by atoms with E-state index in [0.717, 1.165) is 31.1 Å². The van der Waals surface area contributed by atoms with Gasteiger partial charge in [0.05, 0.1) is 7.11 Å². The normalized spacial score (nSPS) is 11.1. The molecule has 0 aliphatic carbocycles. The molecule has 21 heavy (non-hydrogen) atoms. The number of benzene rings is 1. The minimum absolute atomic E-state index is 0.444. The van der Waals surface area contributed by atoms with Gasteiger partial charge in [-0.15, -0.1) is 0 Å². The molecule has 0 fully saturated rings. The van der Waals surface area contributed by atoms with Gasteiger partial charge in [-0.05, 0) is 30.2 Å². The highest BCUT2D eigenvalue weighted by Gasteiger charge is 2.12. The number of hydrogen-bond donors (Lipinski definition) is 1. The molecule has 4 heteroatoms. The van der Waals surface area contributed by atoms with E-state index in [-0.39, 0.29) is 0 Å². The van der Waals surface area contributed by atoms with Gasteiger partial charge in [-0.1, -0.05) is 20.8 Å². The van der Waals surface area contributed by atoms with E-state index < -0.39 is 0 Å². The maximum absolute atomic E-state index is 5.36. The van der Waals surface area contributed by atoms with Crippen molar-refractivity contribution in [2.24, 2.45) is 0 Å². The fraction of sp³-hybridized carbons (Fsp3) is 0.471. The molecule has 0 aliphatic heterocycles. The number of imidazole rings is 1. The van der Waals surface area contributed by atoms with Crippen molar-refractivity contribution in [1.82, 2.24) is 14.9 Å². The first-order valence-corrected chi connectivity index (χ1v) is 7.57. The van der Waals surface area contributed by atoms with Crippen LogP contribution in [0.1, 0.15) is 32.8 Å². The summed E-state index contributed by atoms with van der Waals surface area (Å²) in [5, 5.41) is 3.47. The van der Waals surface area contributed by atoms with Crippen LogP contribution in [0.4, 0.5) is 0 Å². The zero-order valence-electron chi connectivity index (χ0n) is 13.4. The summed E-state index contributed by atoms with van der Waals surface area (Å²) >= 11 is 0. The first-order chi connectivity index (χ1) is 10.2. The first-order valence-electron chi connectivity index (χ1n) is 7.57. The third-order valence-electron chi connectivity index (χ3n) is 3.43. The fourth-order valence-corrected chi connectivity index (χ4v) is 2.35. The maximum Gasteiger partial charge on any atom is 0.140 e. The standard InChI is InChI=1S/C17H25N3O/c1-5-9-20-10-8-18-17(20)16-7-6-15(21-4)11-14(16)12-19-13(2)3/h6-8,10-11,13,19H,5,9,12H2,1-4H3. The van der Waals surface area contributed by atoms with E-state index in [0.29, 0.717) is 6.04 Å². The molecule has 2 aromatic rings. The van der Waals surface area contributed by atoms with E-state index in [2.05, 4.69) is 47.8 Å². The number of nitrogens with one attached hydrogen (secondary N) is 1. The Hall–Kier alpha value is -1.81. The van der Waals surface area contributed by atoms with E-state index in [9.17, 15) is 0 Å². The van der Waals surface area contributed by atoms with Crippen molar-refractivity contribution in [2.45, 2.75) is 46.3 Å². The maximum atomic E-state index is 5.36. The molecule has 0 atom stereocenters. The number of ether oxygens (including phenoxy) is 1. The lowest BCUT2D eigenvalue weighted by Gasteiger charge is -2.15. The van der Waals surface area contributed by atoms with Gasteiger partial charge in [-0.2, -0.15) is 0 Å². The van der Waals surface area contributed by atoms with E-state index in [1.54, 1.807) is 7.11 Å². The average Bonchev–Trinajstić information content (AvgIpc) is 2.93. The van der Waals surface area contributed by atoms with Crippen LogP contribution in [0.15, 0.2) is 30.6 Å². The average molecular weight is 287 g/mol. The number of nitrogens with zero attached hydrogens (tertiary/aromatic N) is 2. The van der Waals surface area contributed by atoms with Crippen LogP contribution in [0.25, 0.3) is 11.4 Å². The molecule has 0 radical (unpaired) electrons. The van der Waals surface area contributed by atoms with E-state index in [4.69, 9.17) is 4.74 Å². The van der Waals surface area contributed by atoms with Gasteiger partial charge in [0.2, 0.25) is 0 Å². The van der Waals surface area contributed by atoms with Crippen molar-refractivity contribution >= 4 is 0 Å². The largest absolute Gasteiger partial charge is 0.497 e. The van der Waals surface area contributed by atoms with Gasteiger partial charge in [0, 0.05) is 37.1 Å². The van der Waals surface area contributed by atoms with Gasteiger partial charge in [-0.25, -0.2) is 4.98 Å². The summed E-state index contributed by atoms with van der Waals surface area (Å²) in [6, 6.07) is 6.64. The summed E-state index contributed by atoms with van der Waals surface area (Å²) < 4.78 is 7.57. The quantitative estimate of drug-likeness (QED) is 0.847. The summed E-state index contributed by atoms with van der Waals surface area (Å²) in [6.07, 6.45) is 5.01. The first kappa shape index (κ1) is 15.6. The molecule has 0 saturated heterocycles. The minimum Gasteiger partial charge on any atom is -0.497 e. The lowest BCUT2D eigenvalue weighted by atomic mass is 10.1. The van der Waals surface area contributed by atoms with Gasteiger partial charge >= 0.3 is 0 Å². The summed E-state index contributed by atoms with van der Waals surface area (Å²) in [7, 11) is 1.70. The lowest BCUT2D eigenvalue weighted by molar-refractivity contribution is 0.414. The second-order valence-corrected chi connectivity index (χ2v) is 5.50. The number of hydrogen-bond acceptors (Lipinski definition) is 3. The van der Waals surface area contributed by atoms with Crippen molar-refractivity contribution < 1.29 is 4.74 Å². The summed E-state index contributed by atoms with van der Waals surface area (Å²) in [5.41, 5.74) is 2.38. The Kier molecular flexibility index (Phi) is 5.39. The molecular weight excluding hydrogens is 262 g/mol. The smallest absolute Gasteiger partial charge is 0.140 e. The van der Waals surface area contributed by atoms with Gasteiger partial charge in [0.25, 0.3) is 0 Å². The monoisotopic (exact) mass is 287 g/mol. The third-order valence-corrected chi connectivity index (χ3v) is 3.43. The molecule has 2 rings (SSSR count). The number of rotatable bonds is 7. The van der Waals surface area contributed by atoms with E-state index >= 15 is 0 Å². The SMILES string of the molecule is CCCn1ccnc1-c1ccc(OC)cc1CNC(C)C. The second kappa shape index (κ2) is 7.27. The molecule has 4 nitrogen and oxygen atoms in total. The van der Waals surface area contributed by atoms with Crippen LogP contribution in [-0.2, 0) is 13.1 Å². The predicted octanol–water partition coefficient (Wildman–Crippen LogP) is 3.47. The highest BCUT2D eigenvalue weighted by atomic mass is 16.5. The molecule has 1 N–H and O–H groups in total. The molecular formula is C17H25N3O. The van der Waals surface area contributed by atoms with Crippen LogP contribution in [0.2, 0.25) is 0 Å². The Morgan fingerprint density at radius 2 is 2.14 bits per heavy atom. The fourth-order valence-electron chi connectivity index (χ4n) is 2.35. The molecule has 0 aliphatic rings. The molecule has 0 amide bonds. The molecule has 1 aromatic heterocycles. The van der Waals surface area contributed by atoms with E-state index in [1.807, 2.05) is 18.5 Å². The van der Waals surface area contributed by atoms with Crippen LogP contribution in [-0.4, -0.2) is 22.7 Å². The Balaban J connectivity index is 2.38. The van der Waals surface area contributed by atoms with Crippen LogP contribution in [0.3, 0.4) is 0 Å². The third kappa shape index (κ3) is 3.85. The number of aromatic nitrogens is 2. The topological polar surface area (TPSA) is 39.1 Å². The Morgan fingerprint density at radius 1 is 1.33 bits per heavy atom. The zero-order valence-corrected chi connectivity index (χ0v) is 13.4. The van der Waals surface area contributed by atoms with Crippen molar-refractivity contribution in [2.75, 3.05) is 7.11 Å². The molecule has 114 valence electrons. The van der Waals surface area contributed by atoms with Crippen LogP contribution in [0, 0.1) is 0 Å². The zero-order chi connectivity index (χ0) is 15.2.